The molecule has 0 saturated carbocycles. The summed E-state index contributed by atoms with van der Waals surface area (Å²) in [4.78, 5) is 4.22. The molecular formula is C16H20N2O. The lowest BCUT2D eigenvalue weighted by Crippen LogP contribution is -2.05. The number of hydrogen-bond donors (Lipinski definition) is 1. The highest BCUT2D eigenvalue weighted by molar-refractivity contribution is 5.32. The van der Waals surface area contributed by atoms with Gasteiger partial charge in [-0.25, -0.2) is 4.98 Å². The molecule has 100 valence electrons. The number of ether oxygens (including phenoxy) is 1. The Labute approximate surface area is 114 Å². The number of aromatic nitrogens is 1. The van der Waals surface area contributed by atoms with Crippen molar-refractivity contribution in [2.45, 2.75) is 26.3 Å². The molecule has 0 unspecified atom stereocenters. The molecule has 1 heterocycles. The van der Waals surface area contributed by atoms with Gasteiger partial charge in [-0.15, -0.1) is 0 Å². The minimum absolute atomic E-state index is 0.533. The number of benzene rings is 1. The van der Waals surface area contributed by atoms with Gasteiger partial charge in [0.1, 0.15) is 5.75 Å². The van der Waals surface area contributed by atoms with E-state index in [9.17, 15) is 0 Å². The Morgan fingerprint density at radius 2 is 1.89 bits per heavy atom. The molecule has 3 heteroatoms. The van der Waals surface area contributed by atoms with E-state index in [1.165, 1.54) is 5.56 Å². The summed E-state index contributed by atoms with van der Waals surface area (Å²) >= 11 is 0. The largest absolute Gasteiger partial charge is 0.439 e. The summed E-state index contributed by atoms with van der Waals surface area (Å²) in [6, 6.07) is 12.1. The van der Waals surface area contributed by atoms with E-state index in [0.717, 1.165) is 17.9 Å². The topological polar surface area (TPSA) is 34.2 Å². The van der Waals surface area contributed by atoms with Crippen LogP contribution in [0.15, 0.2) is 42.6 Å². The second-order valence-electron chi connectivity index (χ2n) is 4.86. The zero-order chi connectivity index (χ0) is 13.7. The molecule has 0 aliphatic rings. The number of rotatable bonds is 5. The van der Waals surface area contributed by atoms with Gasteiger partial charge in [0.25, 0.3) is 0 Å². The molecule has 0 spiro atoms. The number of pyridine rings is 1. The van der Waals surface area contributed by atoms with E-state index in [0.29, 0.717) is 11.8 Å². The lowest BCUT2D eigenvalue weighted by molar-refractivity contribution is 0.461. The molecule has 19 heavy (non-hydrogen) atoms. The first-order valence-corrected chi connectivity index (χ1v) is 6.56. The summed E-state index contributed by atoms with van der Waals surface area (Å²) in [6.45, 7) is 5.17. The van der Waals surface area contributed by atoms with Crippen LogP contribution in [0.4, 0.5) is 0 Å². The molecule has 0 bridgehead atoms. The predicted octanol–water partition coefficient (Wildman–Crippen LogP) is 3.72. The maximum atomic E-state index is 5.76. The van der Waals surface area contributed by atoms with Crippen LogP contribution in [0.3, 0.4) is 0 Å². The first-order chi connectivity index (χ1) is 9.19. The normalized spacial score (nSPS) is 10.7. The summed E-state index contributed by atoms with van der Waals surface area (Å²) < 4.78 is 5.76. The minimum Gasteiger partial charge on any atom is -0.439 e. The molecule has 0 aliphatic carbocycles. The van der Waals surface area contributed by atoms with Crippen LogP contribution in [0.25, 0.3) is 0 Å². The second-order valence-corrected chi connectivity index (χ2v) is 4.86. The van der Waals surface area contributed by atoms with Crippen molar-refractivity contribution in [2.75, 3.05) is 7.05 Å². The van der Waals surface area contributed by atoms with Crippen LogP contribution in [-0.4, -0.2) is 12.0 Å². The molecule has 0 fully saturated rings. The van der Waals surface area contributed by atoms with Gasteiger partial charge in [0.05, 0.1) is 0 Å². The fourth-order valence-corrected chi connectivity index (χ4v) is 1.86. The van der Waals surface area contributed by atoms with Crippen molar-refractivity contribution < 1.29 is 4.74 Å². The molecule has 1 N–H and O–H groups in total. The van der Waals surface area contributed by atoms with Gasteiger partial charge in [-0.3, -0.25) is 0 Å². The molecule has 0 radical (unpaired) electrons. The van der Waals surface area contributed by atoms with Gasteiger partial charge in [-0.2, -0.15) is 0 Å². The van der Waals surface area contributed by atoms with Crippen molar-refractivity contribution in [2.24, 2.45) is 0 Å². The fourth-order valence-electron chi connectivity index (χ4n) is 1.86. The molecule has 2 rings (SSSR count). The van der Waals surface area contributed by atoms with E-state index in [1.807, 2.05) is 31.3 Å². The number of hydrogen-bond acceptors (Lipinski definition) is 3. The first-order valence-electron chi connectivity index (χ1n) is 6.56. The van der Waals surface area contributed by atoms with Gasteiger partial charge in [0.2, 0.25) is 5.88 Å². The maximum Gasteiger partial charge on any atom is 0.219 e. The van der Waals surface area contributed by atoms with Crippen LogP contribution in [-0.2, 0) is 6.54 Å². The molecule has 0 amide bonds. The molecule has 0 saturated heterocycles. The van der Waals surface area contributed by atoms with Crippen molar-refractivity contribution in [1.82, 2.24) is 10.3 Å². The Hall–Kier alpha value is -1.87. The third-order valence-electron chi connectivity index (χ3n) is 2.95. The van der Waals surface area contributed by atoms with Gasteiger partial charge < -0.3 is 10.1 Å². The lowest BCUT2D eigenvalue weighted by atomic mass is 10.0. The quantitative estimate of drug-likeness (QED) is 0.885. The van der Waals surface area contributed by atoms with Crippen molar-refractivity contribution in [3.8, 4) is 11.6 Å². The second kappa shape index (κ2) is 6.34. The van der Waals surface area contributed by atoms with Crippen molar-refractivity contribution in [1.29, 1.82) is 0 Å². The van der Waals surface area contributed by atoms with E-state index in [4.69, 9.17) is 4.74 Å². The van der Waals surface area contributed by atoms with Crippen LogP contribution in [0.2, 0.25) is 0 Å². The first kappa shape index (κ1) is 13.6. The summed E-state index contributed by atoms with van der Waals surface area (Å²) in [5.41, 5.74) is 2.47. The lowest BCUT2D eigenvalue weighted by Gasteiger charge is -2.09. The van der Waals surface area contributed by atoms with Crippen LogP contribution in [0, 0.1) is 0 Å². The predicted molar refractivity (Wildman–Crippen MR) is 77.6 cm³/mol. The van der Waals surface area contributed by atoms with Crippen molar-refractivity contribution in [3.63, 3.8) is 0 Å². The van der Waals surface area contributed by atoms with Crippen LogP contribution in [0.5, 0.6) is 11.6 Å². The van der Waals surface area contributed by atoms with E-state index >= 15 is 0 Å². The van der Waals surface area contributed by atoms with Crippen LogP contribution < -0.4 is 10.1 Å². The van der Waals surface area contributed by atoms with Crippen molar-refractivity contribution >= 4 is 0 Å². The van der Waals surface area contributed by atoms with E-state index in [1.54, 1.807) is 6.20 Å². The van der Waals surface area contributed by atoms with E-state index in [2.05, 4.69) is 36.3 Å². The molecule has 2 aromatic rings. The monoisotopic (exact) mass is 256 g/mol. The molecule has 3 nitrogen and oxygen atoms in total. The van der Waals surface area contributed by atoms with Gasteiger partial charge >= 0.3 is 0 Å². The molecule has 1 aromatic carbocycles. The van der Waals surface area contributed by atoms with Gasteiger partial charge in [-0.1, -0.05) is 26.0 Å². The highest BCUT2D eigenvalue weighted by Gasteiger charge is 2.02. The maximum absolute atomic E-state index is 5.76. The van der Waals surface area contributed by atoms with Gasteiger partial charge in [0, 0.05) is 18.8 Å². The van der Waals surface area contributed by atoms with Crippen LogP contribution in [0.1, 0.15) is 30.9 Å². The Bertz CT molecular complexity index is 521. The zero-order valence-corrected chi connectivity index (χ0v) is 11.7. The number of nitrogens with one attached hydrogen (secondary N) is 1. The Morgan fingerprint density at radius 3 is 2.53 bits per heavy atom. The summed E-state index contributed by atoms with van der Waals surface area (Å²) in [5, 5.41) is 3.11. The summed E-state index contributed by atoms with van der Waals surface area (Å²) in [6.07, 6.45) is 1.77. The Morgan fingerprint density at radius 1 is 1.16 bits per heavy atom. The number of nitrogens with zero attached hydrogens (tertiary/aromatic N) is 1. The Kier molecular flexibility index (Phi) is 4.53. The molecule has 0 aliphatic heterocycles. The zero-order valence-electron chi connectivity index (χ0n) is 11.7. The average molecular weight is 256 g/mol. The van der Waals surface area contributed by atoms with Gasteiger partial charge in [-0.05, 0) is 42.3 Å². The van der Waals surface area contributed by atoms with E-state index in [-0.39, 0.29) is 0 Å². The smallest absolute Gasteiger partial charge is 0.219 e. The van der Waals surface area contributed by atoms with E-state index < -0.39 is 0 Å². The minimum atomic E-state index is 0.533. The average Bonchev–Trinajstić information content (AvgIpc) is 2.40. The van der Waals surface area contributed by atoms with Gasteiger partial charge in [0.15, 0.2) is 0 Å². The SMILES string of the molecule is CNCc1ccnc(Oc2ccc(C(C)C)cc2)c1. The summed E-state index contributed by atoms with van der Waals surface area (Å²) in [7, 11) is 1.92. The molecule has 0 atom stereocenters. The fraction of sp³-hybridized carbons (Fsp3) is 0.312. The third-order valence-corrected chi connectivity index (χ3v) is 2.95. The molecular weight excluding hydrogens is 236 g/mol. The molecule has 1 aromatic heterocycles. The Balaban J connectivity index is 2.10. The van der Waals surface area contributed by atoms with Crippen LogP contribution >= 0.6 is 0 Å². The standard InChI is InChI=1S/C16H20N2O/c1-12(2)14-4-6-15(7-5-14)19-16-10-13(11-17-3)8-9-18-16/h4-10,12,17H,11H2,1-3H3. The third kappa shape index (κ3) is 3.80. The van der Waals surface area contributed by atoms with Crippen molar-refractivity contribution in [3.05, 3.63) is 53.7 Å². The summed E-state index contributed by atoms with van der Waals surface area (Å²) in [5.74, 6) is 1.98. The highest BCUT2D eigenvalue weighted by atomic mass is 16.5. The highest BCUT2D eigenvalue weighted by Crippen LogP contribution is 2.23.